The number of carboxylic acids is 1. The van der Waals surface area contributed by atoms with Gasteiger partial charge in [-0.1, -0.05) is 17.7 Å². The molecule has 5 nitrogen and oxygen atoms in total. The molecule has 0 aliphatic heterocycles. The summed E-state index contributed by atoms with van der Waals surface area (Å²) in [4.78, 5) is 10.6. The number of carboxylic acid groups (broad SMARTS) is 1. The second-order valence-electron chi connectivity index (χ2n) is 2.92. The van der Waals surface area contributed by atoms with Crippen LogP contribution in [0, 0.1) is 0 Å². The monoisotopic (exact) mass is 240 g/mol. The summed E-state index contributed by atoms with van der Waals surface area (Å²) >= 11 is 5.71. The molecule has 0 unspecified atom stereocenters. The van der Waals surface area contributed by atoms with Crippen LogP contribution < -0.4 is 0 Å². The van der Waals surface area contributed by atoms with Crippen molar-refractivity contribution in [2.45, 2.75) is 6.92 Å². The van der Waals surface area contributed by atoms with Gasteiger partial charge in [0.15, 0.2) is 0 Å². The molecule has 0 fully saturated rings. The predicted molar refractivity (Wildman–Crippen MR) is 58.9 cm³/mol. The normalized spacial score (nSPS) is 12.6. The number of azo groups is 1. The zero-order valence-corrected chi connectivity index (χ0v) is 9.14. The average molecular weight is 241 g/mol. The molecule has 0 spiro atoms. The molecule has 2 N–H and O–H groups in total. The first-order valence-electron chi connectivity index (χ1n) is 4.31. The Hall–Kier alpha value is -1.88. The molecule has 1 rings (SSSR count). The number of rotatable bonds is 3. The van der Waals surface area contributed by atoms with Crippen LogP contribution in [0.25, 0.3) is 0 Å². The predicted octanol–water partition coefficient (Wildman–Crippen LogP) is 3.30. The third-order valence-corrected chi connectivity index (χ3v) is 1.85. The summed E-state index contributed by atoms with van der Waals surface area (Å²) in [6, 6.07) is 6.46. The van der Waals surface area contributed by atoms with Crippen molar-refractivity contribution in [3.63, 3.8) is 0 Å². The molecule has 0 amide bonds. The lowest BCUT2D eigenvalue weighted by atomic mass is 10.3. The van der Waals surface area contributed by atoms with Crippen LogP contribution in [0.4, 0.5) is 5.69 Å². The van der Waals surface area contributed by atoms with E-state index >= 15 is 0 Å². The molecule has 0 aromatic heterocycles. The van der Waals surface area contributed by atoms with E-state index in [1.54, 1.807) is 18.2 Å². The van der Waals surface area contributed by atoms with Crippen LogP contribution in [-0.4, -0.2) is 16.2 Å². The maximum Gasteiger partial charge on any atom is 0.359 e. The minimum atomic E-state index is -1.34. The van der Waals surface area contributed by atoms with Crippen molar-refractivity contribution in [3.05, 3.63) is 40.7 Å². The van der Waals surface area contributed by atoms with Crippen molar-refractivity contribution in [3.8, 4) is 0 Å². The molecule has 6 heteroatoms. The summed E-state index contributed by atoms with van der Waals surface area (Å²) in [5.74, 6) is -1.75. The maximum atomic E-state index is 10.6. The topological polar surface area (TPSA) is 82.2 Å². The number of halogens is 1. The molecule has 1 aromatic rings. The Kier molecular flexibility index (Phi) is 4.02. The third kappa shape index (κ3) is 3.36. The van der Waals surface area contributed by atoms with Crippen molar-refractivity contribution in [2.24, 2.45) is 10.2 Å². The van der Waals surface area contributed by atoms with Crippen LogP contribution in [0.5, 0.6) is 0 Å². The van der Waals surface area contributed by atoms with Crippen LogP contribution in [-0.2, 0) is 4.79 Å². The van der Waals surface area contributed by atoms with E-state index in [-0.39, 0.29) is 0 Å². The van der Waals surface area contributed by atoms with E-state index in [0.717, 1.165) is 0 Å². The van der Waals surface area contributed by atoms with E-state index in [1.807, 2.05) is 0 Å². The lowest BCUT2D eigenvalue weighted by Gasteiger charge is -1.96. The molecular formula is C10H9ClN2O3. The van der Waals surface area contributed by atoms with Crippen LogP contribution >= 0.6 is 11.6 Å². The summed E-state index contributed by atoms with van der Waals surface area (Å²) < 4.78 is 0. The van der Waals surface area contributed by atoms with Gasteiger partial charge in [-0.25, -0.2) is 4.79 Å². The van der Waals surface area contributed by atoms with Crippen LogP contribution in [0.1, 0.15) is 6.92 Å². The van der Waals surface area contributed by atoms with Crippen molar-refractivity contribution in [2.75, 3.05) is 0 Å². The molecule has 0 radical (unpaired) electrons. The van der Waals surface area contributed by atoms with Gasteiger partial charge in [-0.15, -0.1) is 5.11 Å². The molecule has 1 aromatic carbocycles. The highest BCUT2D eigenvalue weighted by Crippen LogP contribution is 2.19. The Balaban J connectivity index is 2.96. The minimum absolute atomic E-state index is 0.404. The highest BCUT2D eigenvalue weighted by atomic mass is 35.5. The fraction of sp³-hybridized carbons (Fsp3) is 0.100. The Labute approximate surface area is 96.7 Å². The Morgan fingerprint density at radius 1 is 1.38 bits per heavy atom. The lowest BCUT2D eigenvalue weighted by molar-refractivity contribution is -0.132. The number of allylic oxidation sites excluding steroid dienone is 1. The van der Waals surface area contributed by atoms with Gasteiger partial charge in [0.05, 0.1) is 5.69 Å². The van der Waals surface area contributed by atoms with E-state index < -0.39 is 17.4 Å². The first-order chi connectivity index (χ1) is 7.50. The van der Waals surface area contributed by atoms with Gasteiger partial charge in [-0.3, -0.25) is 0 Å². The van der Waals surface area contributed by atoms with Crippen molar-refractivity contribution >= 4 is 23.3 Å². The SMILES string of the molecule is C/C(O)=C(\N=Nc1cccc(Cl)c1)C(=O)O. The second-order valence-corrected chi connectivity index (χ2v) is 3.36. The zero-order valence-electron chi connectivity index (χ0n) is 8.38. The lowest BCUT2D eigenvalue weighted by Crippen LogP contribution is -2.00. The van der Waals surface area contributed by atoms with Crippen LogP contribution in [0.2, 0.25) is 5.02 Å². The molecule has 16 heavy (non-hydrogen) atoms. The number of benzene rings is 1. The molecule has 0 saturated carbocycles. The van der Waals surface area contributed by atoms with E-state index in [1.165, 1.54) is 13.0 Å². The molecule has 0 aliphatic rings. The van der Waals surface area contributed by atoms with E-state index in [0.29, 0.717) is 10.7 Å². The third-order valence-electron chi connectivity index (χ3n) is 1.62. The Morgan fingerprint density at radius 3 is 2.56 bits per heavy atom. The number of carbonyl (C=O) groups is 1. The Bertz CT molecular complexity index is 465. The van der Waals surface area contributed by atoms with Crippen LogP contribution in [0.15, 0.2) is 46.0 Å². The van der Waals surface area contributed by atoms with E-state index in [2.05, 4.69) is 10.2 Å². The first kappa shape index (κ1) is 12.2. The van der Waals surface area contributed by atoms with Gasteiger partial charge in [0.25, 0.3) is 0 Å². The summed E-state index contributed by atoms with van der Waals surface area (Å²) in [5, 5.41) is 25.3. The van der Waals surface area contributed by atoms with Crippen LogP contribution in [0.3, 0.4) is 0 Å². The average Bonchev–Trinajstić information content (AvgIpc) is 2.16. The zero-order chi connectivity index (χ0) is 12.1. The van der Waals surface area contributed by atoms with Gasteiger partial charge in [0.2, 0.25) is 5.70 Å². The van der Waals surface area contributed by atoms with Gasteiger partial charge in [0.1, 0.15) is 5.76 Å². The van der Waals surface area contributed by atoms with Gasteiger partial charge in [-0.2, -0.15) is 5.11 Å². The van der Waals surface area contributed by atoms with Crippen molar-refractivity contribution in [1.29, 1.82) is 0 Å². The van der Waals surface area contributed by atoms with Gasteiger partial charge in [0, 0.05) is 5.02 Å². The number of nitrogens with zero attached hydrogens (tertiary/aromatic N) is 2. The molecule has 0 saturated heterocycles. The maximum absolute atomic E-state index is 10.6. The summed E-state index contributed by atoms with van der Waals surface area (Å²) in [6.07, 6.45) is 0. The summed E-state index contributed by atoms with van der Waals surface area (Å²) in [5.41, 5.74) is -0.0903. The highest BCUT2D eigenvalue weighted by Gasteiger charge is 2.09. The number of aliphatic hydroxyl groups is 1. The smallest absolute Gasteiger partial charge is 0.359 e. The number of hydrogen-bond donors (Lipinski definition) is 2. The fourth-order valence-electron chi connectivity index (χ4n) is 0.916. The molecule has 84 valence electrons. The van der Waals surface area contributed by atoms with E-state index in [9.17, 15) is 4.79 Å². The minimum Gasteiger partial charge on any atom is -0.510 e. The molecule has 0 aliphatic carbocycles. The first-order valence-corrected chi connectivity index (χ1v) is 4.69. The number of hydrogen-bond acceptors (Lipinski definition) is 4. The van der Waals surface area contributed by atoms with Crippen molar-refractivity contribution in [1.82, 2.24) is 0 Å². The molecular weight excluding hydrogens is 232 g/mol. The van der Waals surface area contributed by atoms with E-state index in [4.69, 9.17) is 21.8 Å². The standard InChI is InChI=1S/C10H9ClN2O3/c1-6(14)9(10(15)16)13-12-8-4-2-3-7(11)5-8/h2-5,14H,1H3,(H,15,16)/b9-6+,13-12?. The second kappa shape index (κ2) is 5.27. The molecule has 0 atom stereocenters. The fourth-order valence-corrected chi connectivity index (χ4v) is 1.10. The molecule has 0 heterocycles. The molecule has 0 bridgehead atoms. The highest BCUT2D eigenvalue weighted by molar-refractivity contribution is 6.30. The largest absolute Gasteiger partial charge is 0.510 e. The quantitative estimate of drug-likeness (QED) is 0.483. The van der Waals surface area contributed by atoms with Crippen molar-refractivity contribution < 1.29 is 15.0 Å². The Morgan fingerprint density at radius 2 is 2.06 bits per heavy atom. The number of aliphatic carboxylic acids is 1. The van der Waals surface area contributed by atoms with Gasteiger partial charge in [-0.05, 0) is 25.1 Å². The van der Waals surface area contributed by atoms with Gasteiger partial charge < -0.3 is 10.2 Å². The number of aliphatic hydroxyl groups excluding tert-OH is 1. The van der Waals surface area contributed by atoms with Gasteiger partial charge >= 0.3 is 5.97 Å². The summed E-state index contributed by atoms with van der Waals surface area (Å²) in [6.45, 7) is 1.22. The summed E-state index contributed by atoms with van der Waals surface area (Å²) in [7, 11) is 0.